The summed E-state index contributed by atoms with van der Waals surface area (Å²) in [5.41, 5.74) is 5.25. The number of benzene rings is 3. The third kappa shape index (κ3) is 2.06. The van der Waals surface area contributed by atoms with E-state index in [2.05, 4.69) is 10.5 Å². The molecule has 0 aromatic heterocycles. The van der Waals surface area contributed by atoms with E-state index >= 15 is 0 Å². The predicted molar refractivity (Wildman–Crippen MR) is 94.8 cm³/mol. The van der Waals surface area contributed by atoms with Gasteiger partial charge in [0.2, 0.25) is 0 Å². The molecule has 3 aromatic carbocycles. The van der Waals surface area contributed by atoms with Gasteiger partial charge in [0.15, 0.2) is 0 Å². The van der Waals surface area contributed by atoms with Crippen molar-refractivity contribution < 1.29 is 4.79 Å². The molecule has 1 aliphatic rings. The highest BCUT2D eigenvalue weighted by Gasteiger charge is 2.50. The van der Waals surface area contributed by atoms with Crippen LogP contribution >= 0.6 is 0 Å². The first-order valence-corrected chi connectivity index (χ1v) is 7.88. The van der Waals surface area contributed by atoms with Crippen LogP contribution in [-0.4, -0.2) is 11.6 Å². The molecule has 0 spiro atoms. The van der Waals surface area contributed by atoms with Crippen molar-refractivity contribution in [2.75, 3.05) is 0 Å². The Morgan fingerprint density at radius 1 is 0.667 bits per heavy atom. The Hall–Kier alpha value is -3.20. The van der Waals surface area contributed by atoms with Gasteiger partial charge in [0.05, 0.1) is 5.71 Å². The molecule has 0 fully saturated rings. The fraction of sp³-hybridized carbons (Fsp3) is 0.0476. The Bertz CT molecular complexity index is 847. The quantitative estimate of drug-likeness (QED) is 0.790. The highest BCUT2D eigenvalue weighted by molar-refractivity contribution is 6.26. The van der Waals surface area contributed by atoms with Crippen molar-refractivity contribution in [2.24, 2.45) is 5.10 Å². The average molecular weight is 312 g/mol. The zero-order valence-corrected chi connectivity index (χ0v) is 13.0. The van der Waals surface area contributed by atoms with E-state index in [9.17, 15) is 4.79 Å². The minimum Gasteiger partial charge on any atom is -0.271 e. The van der Waals surface area contributed by atoms with Crippen LogP contribution in [0.5, 0.6) is 0 Å². The molecule has 0 radical (unpaired) electrons. The van der Waals surface area contributed by atoms with E-state index in [1.165, 1.54) is 0 Å². The first-order chi connectivity index (χ1) is 11.8. The zero-order valence-electron chi connectivity index (χ0n) is 13.0. The molecule has 0 saturated carbocycles. The maximum Gasteiger partial charge on any atom is 0.261 e. The number of rotatable bonds is 3. The van der Waals surface area contributed by atoms with Gasteiger partial charge in [0.25, 0.3) is 5.91 Å². The third-order valence-electron chi connectivity index (χ3n) is 4.43. The van der Waals surface area contributed by atoms with E-state index in [-0.39, 0.29) is 5.91 Å². The fourth-order valence-corrected chi connectivity index (χ4v) is 3.34. The van der Waals surface area contributed by atoms with Crippen LogP contribution in [0.2, 0.25) is 0 Å². The number of hydrazone groups is 1. The molecule has 1 N–H and O–H groups in total. The van der Waals surface area contributed by atoms with E-state index in [1.54, 1.807) is 0 Å². The number of amides is 1. The van der Waals surface area contributed by atoms with Gasteiger partial charge in [-0.3, -0.25) is 4.79 Å². The van der Waals surface area contributed by atoms with Crippen LogP contribution in [-0.2, 0) is 10.2 Å². The number of carbonyl (C=O) groups excluding carboxylic acids is 1. The van der Waals surface area contributed by atoms with Crippen LogP contribution in [0.25, 0.3) is 0 Å². The molecule has 0 bridgehead atoms. The van der Waals surface area contributed by atoms with Crippen molar-refractivity contribution in [3.8, 4) is 0 Å². The summed E-state index contributed by atoms with van der Waals surface area (Å²) in [5.74, 6) is -0.126. The van der Waals surface area contributed by atoms with E-state index < -0.39 is 5.41 Å². The summed E-state index contributed by atoms with van der Waals surface area (Å²) in [5, 5.41) is 4.41. The fourth-order valence-electron chi connectivity index (χ4n) is 3.34. The van der Waals surface area contributed by atoms with Crippen molar-refractivity contribution in [3.63, 3.8) is 0 Å². The molecule has 1 amide bonds. The molecular weight excluding hydrogens is 296 g/mol. The molecule has 0 aliphatic carbocycles. The molecule has 3 aromatic rings. The lowest BCUT2D eigenvalue weighted by Gasteiger charge is -2.29. The Morgan fingerprint density at radius 3 is 1.62 bits per heavy atom. The number of carbonyl (C=O) groups is 1. The molecule has 1 heterocycles. The molecule has 3 nitrogen and oxygen atoms in total. The van der Waals surface area contributed by atoms with Gasteiger partial charge < -0.3 is 0 Å². The van der Waals surface area contributed by atoms with Crippen molar-refractivity contribution in [3.05, 3.63) is 108 Å². The van der Waals surface area contributed by atoms with Crippen LogP contribution in [0.4, 0.5) is 0 Å². The second-order valence-corrected chi connectivity index (χ2v) is 5.75. The first-order valence-electron chi connectivity index (χ1n) is 7.88. The topological polar surface area (TPSA) is 41.5 Å². The molecule has 1 aliphatic heterocycles. The molecule has 116 valence electrons. The SMILES string of the molecule is O=C1NN=C(c2ccccc2)C1(c1ccccc1)c1ccccc1. The van der Waals surface area contributed by atoms with Gasteiger partial charge >= 0.3 is 0 Å². The molecule has 0 atom stereocenters. The van der Waals surface area contributed by atoms with Gasteiger partial charge in [-0.15, -0.1) is 0 Å². The minimum absolute atomic E-state index is 0.126. The molecule has 0 unspecified atom stereocenters. The van der Waals surface area contributed by atoms with Gasteiger partial charge in [-0.05, 0) is 16.7 Å². The van der Waals surface area contributed by atoms with Crippen molar-refractivity contribution in [2.45, 2.75) is 5.41 Å². The smallest absolute Gasteiger partial charge is 0.261 e. The summed E-state index contributed by atoms with van der Waals surface area (Å²) in [4.78, 5) is 13.1. The lowest BCUT2D eigenvalue weighted by Crippen LogP contribution is -2.44. The summed E-state index contributed by atoms with van der Waals surface area (Å²) in [6.45, 7) is 0. The average Bonchev–Trinajstić information content (AvgIpc) is 3.02. The predicted octanol–water partition coefficient (Wildman–Crippen LogP) is 3.51. The van der Waals surface area contributed by atoms with Crippen LogP contribution in [0, 0.1) is 0 Å². The third-order valence-corrected chi connectivity index (χ3v) is 4.43. The highest BCUT2D eigenvalue weighted by atomic mass is 16.2. The lowest BCUT2D eigenvalue weighted by molar-refractivity contribution is -0.122. The van der Waals surface area contributed by atoms with E-state index in [0.717, 1.165) is 22.4 Å². The Balaban J connectivity index is 2.02. The van der Waals surface area contributed by atoms with Crippen molar-refractivity contribution in [1.82, 2.24) is 5.43 Å². The number of hydrogen-bond donors (Lipinski definition) is 1. The maximum absolute atomic E-state index is 13.1. The van der Waals surface area contributed by atoms with Crippen LogP contribution < -0.4 is 5.43 Å². The summed E-state index contributed by atoms with van der Waals surface area (Å²) < 4.78 is 0. The van der Waals surface area contributed by atoms with E-state index in [0.29, 0.717) is 0 Å². The van der Waals surface area contributed by atoms with E-state index in [1.807, 2.05) is 91.0 Å². The monoisotopic (exact) mass is 312 g/mol. The van der Waals surface area contributed by atoms with Gasteiger partial charge in [0, 0.05) is 0 Å². The largest absolute Gasteiger partial charge is 0.271 e. The normalized spacial score (nSPS) is 15.7. The Morgan fingerprint density at radius 2 is 1.12 bits per heavy atom. The number of nitrogens with one attached hydrogen (secondary N) is 1. The Kier molecular flexibility index (Phi) is 3.47. The van der Waals surface area contributed by atoms with Gasteiger partial charge in [-0.2, -0.15) is 5.10 Å². The van der Waals surface area contributed by atoms with Crippen LogP contribution in [0.15, 0.2) is 96.1 Å². The zero-order chi connectivity index (χ0) is 16.4. The summed E-state index contributed by atoms with van der Waals surface area (Å²) >= 11 is 0. The summed E-state index contributed by atoms with van der Waals surface area (Å²) in [6.07, 6.45) is 0. The molecule has 3 heteroatoms. The van der Waals surface area contributed by atoms with Crippen LogP contribution in [0.1, 0.15) is 16.7 Å². The molecule has 24 heavy (non-hydrogen) atoms. The maximum atomic E-state index is 13.1. The minimum atomic E-state index is -0.941. The summed E-state index contributed by atoms with van der Waals surface area (Å²) in [6, 6.07) is 29.5. The van der Waals surface area contributed by atoms with Crippen molar-refractivity contribution in [1.29, 1.82) is 0 Å². The second-order valence-electron chi connectivity index (χ2n) is 5.75. The van der Waals surface area contributed by atoms with Crippen molar-refractivity contribution >= 4 is 11.6 Å². The molecular formula is C21H16N2O. The van der Waals surface area contributed by atoms with Gasteiger partial charge in [-0.1, -0.05) is 91.0 Å². The first kappa shape index (κ1) is 14.4. The lowest BCUT2D eigenvalue weighted by atomic mass is 9.69. The van der Waals surface area contributed by atoms with Gasteiger partial charge in [0.1, 0.15) is 5.41 Å². The molecule has 0 saturated heterocycles. The Labute approximate surface area is 140 Å². The van der Waals surface area contributed by atoms with E-state index in [4.69, 9.17) is 0 Å². The van der Waals surface area contributed by atoms with Gasteiger partial charge in [-0.25, -0.2) is 5.43 Å². The number of hydrogen-bond acceptors (Lipinski definition) is 2. The summed E-state index contributed by atoms with van der Waals surface area (Å²) in [7, 11) is 0. The standard InChI is InChI=1S/C21H16N2O/c24-20-21(17-12-6-2-7-13-17,18-14-8-3-9-15-18)19(22-23-20)16-10-4-1-5-11-16/h1-15H,(H,23,24). The number of nitrogens with zero attached hydrogens (tertiary/aromatic N) is 1. The van der Waals surface area contributed by atoms with Crippen LogP contribution in [0.3, 0.4) is 0 Å². The highest BCUT2D eigenvalue weighted by Crippen LogP contribution is 2.39. The molecule has 4 rings (SSSR count). The second kappa shape index (κ2) is 5.78.